The Morgan fingerprint density at radius 3 is 2.55 bits per heavy atom. The van der Waals surface area contributed by atoms with E-state index in [0.717, 1.165) is 16.9 Å². The second-order valence-corrected chi connectivity index (χ2v) is 8.18. The van der Waals surface area contributed by atoms with Crippen molar-refractivity contribution in [3.05, 3.63) is 95.6 Å². The SMILES string of the molecule is Cc1ccnc(Nc2ccnc(SCc3ccc(C(=O)Nc4ccc(F)cc4N)cc3)n2)c1. The molecule has 2 aromatic carbocycles. The zero-order valence-corrected chi connectivity index (χ0v) is 18.6. The van der Waals surface area contributed by atoms with E-state index in [-0.39, 0.29) is 11.6 Å². The predicted molar refractivity (Wildman–Crippen MR) is 129 cm³/mol. The fraction of sp³-hybridized carbons (Fsp3) is 0.0833. The molecule has 1 amide bonds. The lowest BCUT2D eigenvalue weighted by Crippen LogP contribution is -2.13. The summed E-state index contributed by atoms with van der Waals surface area (Å²) in [5.41, 5.74) is 8.88. The number of hydrogen-bond acceptors (Lipinski definition) is 7. The van der Waals surface area contributed by atoms with Gasteiger partial charge in [0.2, 0.25) is 0 Å². The number of nitrogens with two attached hydrogens (primary N) is 1. The number of rotatable bonds is 7. The van der Waals surface area contributed by atoms with Crippen molar-refractivity contribution < 1.29 is 9.18 Å². The Morgan fingerprint density at radius 2 is 1.79 bits per heavy atom. The van der Waals surface area contributed by atoms with Crippen LogP contribution in [0.2, 0.25) is 0 Å². The van der Waals surface area contributed by atoms with E-state index in [2.05, 4.69) is 25.6 Å². The molecule has 4 rings (SSSR count). The van der Waals surface area contributed by atoms with Crippen LogP contribution >= 0.6 is 11.8 Å². The van der Waals surface area contributed by atoms with Crippen molar-refractivity contribution in [2.45, 2.75) is 17.8 Å². The average molecular weight is 461 g/mol. The summed E-state index contributed by atoms with van der Waals surface area (Å²) >= 11 is 1.49. The third-order valence-electron chi connectivity index (χ3n) is 4.65. The van der Waals surface area contributed by atoms with Crippen LogP contribution in [0.1, 0.15) is 21.5 Å². The Bertz CT molecular complexity index is 1280. The highest BCUT2D eigenvalue weighted by atomic mass is 32.2. The van der Waals surface area contributed by atoms with Gasteiger partial charge in [0.25, 0.3) is 5.91 Å². The van der Waals surface area contributed by atoms with Gasteiger partial charge in [0.05, 0.1) is 11.4 Å². The number of nitrogen functional groups attached to an aromatic ring is 1. The number of nitrogens with one attached hydrogen (secondary N) is 2. The minimum atomic E-state index is -0.454. The van der Waals surface area contributed by atoms with Crippen LogP contribution in [0.3, 0.4) is 0 Å². The molecule has 0 aliphatic heterocycles. The van der Waals surface area contributed by atoms with Crippen molar-refractivity contribution in [2.75, 3.05) is 16.4 Å². The molecule has 0 fully saturated rings. The molecule has 7 nitrogen and oxygen atoms in total. The van der Waals surface area contributed by atoms with Gasteiger partial charge in [0.1, 0.15) is 17.5 Å². The maximum absolute atomic E-state index is 13.2. The molecular weight excluding hydrogens is 439 g/mol. The van der Waals surface area contributed by atoms with E-state index in [1.165, 1.54) is 30.0 Å². The lowest BCUT2D eigenvalue weighted by atomic mass is 10.1. The van der Waals surface area contributed by atoms with Gasteiger partial charge in [-0.2, -0.15) is 0 Å². The molecule has 0 unspecified atom stereocenters. The van der Waals surface area contributed by atoms with Crippen molar-refractivity contribution in [1.29, 1.82) is 0 Å². The zero-order chi connectivity index (χ0) is 23.2. The first-order valence-corrected chi connectivity index (χ1v) is 11.1. The second kappa shape index (κ2) is 10.1. The standard InChI is InChI=1S/C24H21FN6OS/c1-15-8-10-27-22(12-15)30-21-9-11-28-24(31-21)33-14-16-2-4-17(5-3-16)23(32)29-20-7-6-18(25)13-19(20)26/h2-13H,14,26H2,1H3,(H,29,32)(H,27,28,30,31). The number of thioether (sulfide) groups is 1. The summed E-state index contributed by atoms with van der Waals surface area (Å²) in [7, 11) is 0. The molecule has 4 N–H and O–H groups in total. The van der Waals surface area contributed by atoms with E-state index in [9.17, 15) is 9.18 Å². The van der Waals surface area contributed by atoms with E-state index in [4.69, 9.17) is 5.73 Å². The molecule has 0 aliphatic rings. The van der Waals surface area contributed by atoms with Crippen molar-refractivity contribution in [2.24, 2.45) is 0 Å². The van der Waals surface area contributed by atoms with E-state index in [0.29, 0.717) is 28.0 Å². The number of amides is 1. The topological polar surface area (TPSA) is 106 Å². The number of benzene rings is 2. The molecule has 0 radical (unpaired) electrons. The van der Waals surface area contributed by atoms with Crippen molar-refractivity contribution >= 4 is 40.7 Å². The van der Waals surface area contributed by atoms with Crippen molar-refractivity contribution in [3.8, 4) is 0 Å². The largest absolute Gasteiger partial charge is 0.397 e. The first kappa shape index (κ1) is 22.2. The van der Waals surface area contributed by atoms with Gasteiger partial charge in [-0.1, -0.05) is 23.9 Å². The number of halogens is 1. The second-order valence-electron chi connectivity index (χ2n) is 7.24. The normalized spacial score (nSPS) is 10.6. The first-order valence-electron chi connectivity index (χ1n) is 10.1. The fourth-order valence-electron chi connectivity index (χ4n) is 2.96. The van der Waals surface area contributed by atoms with Gasteiger partial charge in [-0.05, 0) is 66.6 Å². The highest BCUT2D eigenvalue weighted by Crippen LogP contribution is 2.23. The van der Waals surface area contributed by atoms with Crippen LogP contribution < -0.4 is 16.4 Å². The predicted octanol–water partition coefficient (Wildman–Crippen LogP) is 5.19. The molecular formula is C24H21FN6OS. The molecule has 0 bridgehead atoms. The van der Waals surface area contributed by atoms with Crippen LogP contribution in [0.4, 0.5) is 27.4 Å². The Morgan fingerprint density at radius 1 is 1.00 bits per heavy atom. The van der Waals surface area contributed by atoms with Gasteiger partial charge in [-0.3, -0.25) is 4.79 Å². The maximum atomic E-state index is 13.2. The number of aromatic nitrogens is 3. The summed E-state index contributed by atoms with van der Waals surface area (Å²) in [6.45, 7) is 2.00. The van der Waals surface area contributed by atoms with Crippen LogP contribution in [0, 0.1) is 12.7 Å². The number of anilines is 4. The molecule has 166 valence electrons. The molecule has 0 saturated heterocycles. The van der Waals surface area contributed by atoms with E-state index < -0.39 is 5.82 Å². The quantitative estimate of drug-likeness (QED) is 0.198. The smallest absolute Gasteiger partial charge is 0.255 e. The molecule has 2 heterocycles. The maximum Gasteiger partial charge on any atom is 0.255 e. The van der Waals surface area contributed by atoms with Gasteiger partial charge < -0.3 is 16.4 Å². The number of hydrogen-bond donors (Lipinski definition) is 3. The van der Waals surface area contributed by atoms with Crippen molar-refractivity contribution in [3.63, 3.8) is 0 Å². The Hall–Kier alpha value is -3.98. The summed E-state index contributed by atoms with van der Waals surface area (Å²) in [6.07, 6.45) is 3.44. The minimum absolute atomic E-state index is 0.172. The van der Waals surface area contributed by atoms with Crippen LogP contribution in [-0.2, 0) is 5.75 Å². The third-order valence-corrected chi connectivity index (χ3v) is 5.58. The molecule has 0 atom stereocenters. The monoisotopic (exact) mass is 460 g/mol. The molecule has 9 heteroatoms. The van der Waals surface area contributed by atoms with Crippen LogP contribution in [-0.4, -0.2) is 20.9 Å². The Kier molecular flexibility index (Phi) is 6.80. The van der Waals surface area contributed by atoms with Crippen LogP contribution in [0.25, 0.3) is 0 Å². The zero-order valence-electron chi connectivity index (χ0n) is 17.7. The summed E-state index contributed by atoms with van der Waals surface area (Å²) in [4.78, 5) is 25.6. The lowest BCUT2D eigenvalue weighted by molar-refractivity contribution is 0.102. The fourth-order valence-corrected chi connectivity index (χ4v) is 3.74. The molecule has 0 saturated carbocycles. The van der Waals surface area contributed by atoms with E-state index >= 15 is 0 Å². The summed E-state index contributed by atoms with van der Waals surface area (Å²) in [6, 6.07) is 16.7. The minimum Gasteiger partial charge on any atom is -0.397 e. The summed E-state index contributed by atoms with van der Waals surface area (Å²) in [5, 5.41) is 6.50. The molecule has 0 spiro atoms. The Labute approximate surface area is 194 Å². The molecule has 0 aliphatic carbocycles. The first-order chi connectivity index (χ1) is 16.0. The van der Waals surface area contributed by atoms with Crippen LogP contribution in [0.15, 0.2) is 78.2 Å². The van der Waals surface area contributed by atoms with E-state index in [1.807, 2.05) is 31.2 Å². The number of carbonyl (C=O) groups excluding carboxylic acids is 1. The summed E-state index contributed by atoms with van der Waals surface area (Å²) in [5.74, 6) is 1.25. The van der Waals surface area contributed by atoms with Gasteiger partial charge in [0, 0.05) is 23.7 Å². The number of aryl methyl sites for hydroxylation is 1. The average Bonchev–Trinajstić information content (AvgIpc) is 2.80. The van der Waals surface area contributed by atoms with Crippen molar-refractivity contribution in [1.82, 2.24) is 15.0 Å². The van der Waals surface area contributed by atoms with E-state index in [1.54, 1.807) is 30.6 Å². The molecule has 4 aromatic rings. The number of nitrogens with zero attached hydrogens (tertiary/aromatic N) is 3. The van der Waals surface area contributed by atoms with Gasteiger partial charge in [0.15, 0.2) is 5.16 Å². The van der Waals surface area contributed by atoms with Gasteiger partial charge in [-0.25, -0.2) is 19.3 Å². The lowest BCUT2D eigenvalue weighted by Gasteiger charge is -2.09. The third kappa shape index (κ3) is 6.05. The Balaban J connectivity index is 1.35. The number of pyridine rings is 1. The molecule has 2 aromatic heterocycles. The summed E-state index contributed by atoms with van der Waals surface area (Å²) < 4.78 is 13.2. The highest BCUT2D eigenvalue weighted by Gasteiger charge is 2.09. The van der Waals surface area contributed by atoms with Gasteiger partial charge in [-0.15, -0.1) is 0 Å². The van der Waals surface area contributed by atoms with Gasteiger partial charge >= 0.3 is 0 Å². The number of carbonyl (C=O) groups is 1. The highest BCUT2D eigenvalue weighted by molar-refractivity contribution is 7.98. The molecule has 33 heavy (non-hydrogen) atoms. The van der Waals surface area contributed by atoms with Crippen LogP contribution in [0.5, 0.6) is 0 Å².